The van der Waals surface area contributed by atoms with Crippen molar-refractivity contribution in [3.8, 4) is 0 Å². The standard InChI is InChI=1S/C11H18N4O/c1-8-6-13-10(12-2)15-9(8)14-7-11(16)4-3-5-11/h6,16H,3-5,7H2,1-2H3,(H2,12,13,14,15). The van der Waals surface area contributed by atoms with E-state index in [4.69, 9.17) is 0 Å². The molecule has 88 valence electrons. The van der Waals surface area contributed by atoms with Gasteiger partial charge in [-0.1, -0.05) is 0 Å². The molecular formula is C11H18N4O. The predicted octanol–water partition coefficient (Wildman–Crippen LogP) is 1.15. The van der Waals surface area contributed by atoms with Gasteiger partial charge >= 0.3 is 0 Å². The maximum absolute atomic E-state index is 9.97. The van der Waals surface area contributed by atoms with Crippen LogP contribution < -0.4 is 10.6 Å². The number of hydrogen-bond acceptors (Lipinski definition) is 5. The number of nitrogens with one attached hydrogen (secondary N) is 2. The van der Waals surface area contributed by atoms with E-state index in [0.29, 0.717) is 12.5 Å². The molecule has 1 aliphatic rings. The van der Waals surface area contributed by atoms with Gasteiger partial charge in [0.2, 0.25) is 5.95 Å². The molecule has 0 aliphatic heterocycles. The molecular weight excluding hydrogens is 204 g/mol. The van der Waals surface area contributed by atoms with Crippen molar-refractivity contribution in [1.29, 1.82) is 0 Å². The quantitative estimate of drug-likeness (QED) is 0.713. The van der Waals surface area contributed by atoms with Crippen LogP contribution in [0.5, 0.6) is 0 Å². The Morgan fingerprint density at radius 1 is 1.50 bits per heavy atom. The van der Waals surface area contributed by atoms with E-state index in [1.807, 2.05) is 6.92 Å². The van der Waals surface area contributed by atoms with E-state index in [-0.39, 0.29) is 0 Å². The van der Waals surface area contributed by atoms with E-state index >= 15 is 0 Å². The van der Waals surface area contributed by atoms with E-state index in [9.17, 15) is 5.11 Å². The maximum atomic E-state index is 9.97. The highest BCUT2D eigenvalue weighted by Gasteiger charge is 2.34. The Kier molecular flexibility index (Phi) is 2.96. The highest BCUT2D eigenvalue weighted by atomic mass is 16.3. The molecule has 1 saturated carbocycles. The van der Waals surface area contributed by atoms with E-state index in [2.05, 4.69) is 20.6 Å². The number of aromatic nitrogens is 2. The van der Waals surface area contributed by atoms with Crippen LogP contribution in [0, 0.1) is 6.92 Å². The SMILES string of the molecule is CNc1ncc(C)c(NCC2(O)CCC2)n1. The molecule has 0 saturated heterocycles. The molecule has 16 heavy (non-hydrogen) atoms. The van der Waals surface area contributed by atoms with Crippen LogP contribution in [0.25, 0.3) is 0 Å². The van der Waals surface area contributed by atoms with Gasteiger partial charge in [0.1, 0.15) is 5.82 Å². The van der Waals surface area contributed by atoms with Gasteiger partial charge in [0, 0.05) is 25.4 Å². The summed E-state index contributed by atoms with van der Waals surface area (Å²) in [5, 5.41) is 16.1. The number of rotatable bonds is 4. The first-order valence-corrected chi connectivity index (χ1v) is 5.61. The smallest absolute Gasteiger partial charge is 0.224 e. The van der Waals surface area contributed by atoms with Gasteiger partial charge in [0.05, 0.1) is 5.60 Å². The average Bonchev–Trinajstić information content (AvgIpc) is 2.25. The summed E-state index contributed by atoms with van der Waals surface area (Å²) in [6.45, 7) is 2.51. The number of anilines is 2. The molecule has 5 nitrogen and oxygen atoms in total. The molecule has 0 spiro atoms. The van der Waals surface area contributed by atoms with Crippen LogP contribution in [0.3, 0.4) is 0 Å². The van der Waals surface area contributed by atoms with Crippen LogP contribution in [-0.4, -0.2) is 34.3 Å². The van der Waals surface area contributed by atoms with E-state index in [0.717, 1.165) is 30.6 Å². The second-order valence-corrected chi connectivity index (χ2v) is 4.41. The lowest BCUT2D eigenvalue weighted by molar-refractivity contribution is -0.0202. The molecule has 1 aliphatic carbocycles. The maximum Gasteiger partial charge on any atom is 0.224 e. The third-order valence-electron chi connectivity index (χ3n) is 3.06. The molecule has 0 unspecified atom stereocenters. The highest BCUT2D eigenvalue weighted by molar-refractivity contribution is 5.46. The number of nitrogens with zero attached hydrogens (tertiary/aromatic N) is 2. The lowest BCUT2D eigenvalue weighted by Crippen LogP contribution is -2.43. The minimum atomic E-state index is -0.531. The summed E-state index contributed by atoms with van der Waals surface area (Å²) < 4.78 is 0. The lowest BCUT2D eigenvalue weighted by Gasteiger charge is -2.36. The summed E-state index contributed by atoms with van der Waals surface area (Å²) in [4.78, 5) is 8.42. The first kappa shape index (κ1) is 11.1. The first-order chi connectivity index (χ1) is 7.63. The van der Waals surface area contributed by atoms with Crippen LogP contribution >= 0.6 is 0 Å². The summed E-state index contributed by atoms with van der Waals surface area (Å²) in [5.74, 6) is 1.38. The van der Waals surface area contributed by atoms with Gasteiger partial charge < -0.3 is 15.7 Å². The third kappa shape index (κ3) is 2.24. The van der Waals surface area contributed by atoms with E-state index < -0.39 is 5.60 Å². The third-order valence-corrected chi connectivity index (χ3v) is 3.06. The second kappa shape index (κ2) is 4.25. The van der Waals surface area contributed by atoms with E-state index in [1.165, 1.54) is 0 Å². The fraction of sp³-hybridized carbons (Fsp3) is 0.636. The van der Waals surface area contributed by atoms with Crippen LogP contribution in [0.2, 0.25) is 0 Å². The monoisotopic (exact) mass is 222 g/mol. The molecule has 1 heterocycles. The Labute approximate surface area is 95.3 Å². The molecule has 0 radical (unpaired) electrons. The normalized spacial score (nSPS) is 17.7. The van der Waals surface area contributed by atoms with Crippen molar-refractivity contribution in [3.05, 3.63) is 11.8 Å². The Morgan fingerprint density at radius 3 is 2.81 bits per heavy atom. The molecule has 1 aromatic rings. The van der Waals surface area contributed by atoms with Gasteiger partial charge in [0.25, 0.3) is 0 Å². The molecule has 0 atom stereocenters. The Bertz CT molecular complexity index is 376. The van der Waals surface area contributed by atoms with Gasteiger partial charge in [-0.05, 0) is 26.2 Å². The van der Waals surface area contributed by atoms with Crippen molar-refractivity contribution in [1.82, 2.24) is 9.97 Å². The number of hydrogen-bond donors (Lipinski definition) is 3. The minimum absolute atomic E-state index is 0.531. The van der Waals surface area contributed by atoms with E-state index in [1.54, 1.807) is 13.2 Å². The molecule has 0 bridgehead atoms. The Hall–Kier alpha value is -1.36. The molecule has 0 aromatic carbocycles. The van der Waals surface area contributed by atoms with Crippen molar-refractivity contribution in [2.24, 2.45) is 0 Å². The zero-order valence-corrected chi connectivity index (χ0v) is 9.75. The molecule has 0 amide bonds. The molecule has 1 fully saturated rings. The van der Waals surface area contributed by atoms with Crippen molar-refractivity contribution >= 4 is 11.8 Å². The van der Waals surface area contributed by atoms with Crippen molar-refractivity contribution in [2.45, 2.75) is 31.8 Å². The fourth-order valence-corrected chi connectivity index (χ4v) is 1.75. The summed E-state index contributed by atoms with van der Waals surface area (Å²) in [6.07, 6.45) is 4.64. The van der Waals surface area contributed by atoms with Gasteiger partial charge in [-0.15, -0.1) is 0 Å². The second-order valence-electron chi connectivity index (χ2n) is 4.41. The Balaban J connectivity index is 2.02. The van der Waals surface area contributed by atoms with Crippen molar-refractivity contribution in [2.75, 3.05) is 24.2 Å². The van der Waals surface area contributed by atoms with Gasteiger partial charge in [-0.2, -0.15) is 4.98 Å². The molecule has 5 heteroatoms. The minimum Gasteiger partial charge on any atom is -0.388 e. The largest absolute Gasteiger partial charge is 0.388 e. The molecule has 2 rings (SSSR count). The zero-order valence-electron chi connectivity index (χ0n) is 9.75. The summed E-state index contributed by atoms with van der Waals surface area (Å²) >= 11 is 0. The topological polar surface area (TPSA) is 70.1 Å². The van der Waals surface area contributed by atoms with Crippen LogP contribution in [-0.2, 0) is 0 Å². The van der Waals surface area contributed by atoms with Crippen LogP contribution in [0.1, 0.15) is 24.8 Å². The lowest BCUT2D eigenvalue weighted by atomic mass is 9.80. The van der Waals surface area contributed by atoms with Crippen LogP contribution in [0.4, 0.5) is 11.8 Å². The molecule has 3 N–H and O–H groups in total. The van der Waals surface area contributed by atoms with Crippen molar-refractivity contribution in [3.63, 3.8) is 0 Å². The van der Waals surface area contributed by atoms with Gasteiger partial charge in [0.15, 0.2) is 0 Å². The van der Waals surface area contributed by atoms with Crippen molar-refractivity contribution < 1.29 is 5.11 Å². The first-order valence-electron chi connectivity index (χ1n) is 5.61. The summed E-state index contributed by atoms with van der Waals surface area (Å²) in [6, 6.07) is 0. The molecule has 1 aromatic heterocycles. The fourth-order valence-electron chi connectivity index (χ4n) is 1.75. The Morgan fingerprint density at radius 2 is 2.25 bits per heavy atom. The highest BCUT2D eigenvalue weighted by Crippen LogP contribution is 2.31. The average molecular weight is 222 g/mol. The summed E-state index contributed by atoms with van der Waals surface area (Å²) in [7, 11) is 1.79. The predicted molar refractivity (Wildman–Crippen MR) is 63.6 cm³/mol. The van der Waals surface area contributed by atoms with Crippen LogP contribution in [0.15, 0.2) is 6.20 Å². The van der Waals surface area contributed by atoms with Gasteiger partial charge in [-0.3, -0.25) is 0 Å². The van der Waals surface area contributed by atoms with Gasteiger partial charge in [-0.25, -0.2) is 4.98 Å². The number of aliphatic hydroxyl groups is 1. The zero-order chi connectivity index (χ0) is 11.6. The number of aryl methyl sites for hydroxylation is 1. The summed E-state index contributed by atoms with van der Waals surface area (Å²) in [5.41, 5.74) is 0.457.